The van der Waals surface area contributed by atoms with E-state index in [0.29, 0.717) is 31.9 Å². The van der Waals surface area contributed by atoms with Gasteiger partial charge in [-0.2, -0.15) is 0 Å². The largest absolute Gasteiger partial charge is 0.392 e. The van der Waals surface area contributed by atoms with E-state index in [4.69, 9.17) is 9.26 Å². The lowest BCUT2D eigenvalue weighted by Gasteiger charge is -2.56. The molecule has 2 fully saturated rings. The second-order valence-corrected chi connectivity index (χ2v) is 7.64. The predicted octanol–water partition coefficient (Wildman–Crippen LogP) is 0.846. The molecule has 0 aromatic carbocycles. The van der Waals surface area contributed by atoms with Crippen LogP contribution in [-0.4, -0.2) is 78.5 Å². The zero-order valence-electron chi connectivity index (χ0n) is 15.4. The predicted molar refractivity (Wildman–Crippen MR) is 92.1 cm³/mol. The second kappa shape index (κ2) is 7.43. The van der Waals surface area contributed by atoms with Gasteiger partial charge in [-0.05, 0) is 33.9 Å². The number of amides is 1. The Balaban J connectivity index is 1.50. The lowest BCUT2D eigenvalue weighted by molar-refractivity contribution is -0.212. The summed E-state index contributed by atoms with van der Waals surface area (Å²) in [6, 6.07) is 1.80. The molecule has 2 heterocycles. The van der Waals surface area contributed by atoms with Crippen LogP contribution in [0.3, 0.4) is 0 Å². The van der Waals surface area contributed by atoms with Crippen molar-refractivity contribution >= 4 is 5.91 Å². The first-order valence-corrected chi connectivity index (χ1v) is 9.05. The van der Waals surface area contributed by atoms with Crippen molar-refractivity contribution in [3.05, 3.63) is 17.5 Å². The number of carbonyl (C=O) groups is 1. The molecule has 25 heavy (non-hydrogen) atoms. The van der Waals surface area contributed by atoms with Gasteiger partial charge in [0.2, 0.25) is 5.91 Å². The molecule has 2 atom stereocenters. The number of hydrogen-bond donors (Lipinski definition) is 1. The van der Waals surface area contributed by atoms with E-state index >= 15 is 0 Å². The number of ether oxygens (including phenoxy) is 1. The molecule has 0 radical (unpaired) electrons. The van der Waals surface area contributed by atoms with Gasteiger partial charge < -0.3 is 24.2 Å². The zero-order valence-corrected chi connectivity index (χ0v) is 15.4. The molecule has 1 aliphatic carbocycles. The summed E-state index contributed by atoms with van der Waals surface area (Å²) < 4.78 is 11.2. The monoisotopic (exact) mass is 351 g/mol. The number of carbonyl (C=O) groups excluding carboxylic acids is 1. The molecule has 7 heteroatoms. The van der Waals surface area contributed by atoms with Crippen LogP contribution in [0.25, 0.3) is 0 Å². The van der Waals surface area contributed by atoms with Crippen LogP contribution in [0.4, 0.5) is 0 Å². The summed E-state index contributed by atoms with van der Waals surface area (Å²) in [5.41, 5.74) is 0.613. The van der Waals surface area contributed by atoms with Gasteiger partial charge in [0, 0.05) is 37.5 Å². The van der Waals surface area contributed by atoms with Crippen molar-refractivity contribution in [2.45, 2.75) is 44.8 Å². The third-order valence-corrected chi connectivity index (χ3v) is 5.65. The minimum atomic E-state index is -0.314. The molecule has 7 nitrogen and oxygen atoms in total. The molecule has 1 aromatic heterocycles. The molecule has 1 aliphatic heterocycles. The molecule has 3 rings (SSSR count). The maximum Gasteiger partial charge on any atom is 0.230 e. The van der Waals surface area contributed by atoms with Crippen molar-refractivity contribution < 1.29 is 19.2 Å². The van der Waals surface area contributed by atoms with Crippen LogP contribution in [0.15, 0.2) is 10.6 Å². The van der Waals surface area contributed by atoms with Crippen LogP contribution in [0.1, 0.15) is 30.7 Å². The third-order valence-electron chi connectivity index (χ3n) is 5.65. The maximum absolute atomic E-state index is 12.4. The fourth-order valence-corrected chi connectivity index (χ4v) is 3.93. The lowest BCUT2D eigenvalue weighted by Crippen LogP contribution is -2.63. The van der Waals surface area contributed by atoms with Crippen LogP contribution >= 0.6 is 0 Å². The van der Waals surface area contributed by atoms with Gasteiger partial charge in [-0.1, -0.05) is 5.16 Å². The van der Waals surface area contributed by atoms with Crippen LogP contribution in [0.5, 0.6) is 0 Å². The minimum absolute atomic E-state index is 0.0601. The molecule has 1 aromatic rings. The first-order chi connectivity index (χ1) is 11.9. The number of piperidine rings is 1. The molecule has 1 amide bonds. The molecule has 2 aliphatic rings. The van der Waals surface area contributed by atoms with Crippen molar-refractivity contribution in [1.29, 1.82) is 0 Å². The van der Waals surface area contributed by atoms with Gasteiger partial charge in [0.05, 0.1) is 30.9 Å². The van der Waals surface area contributed by atoms with Gasteiger partial charge in [0.15, 0.2) is 0 Å². The molecule has 0 bridgehead atoms. The highest BCUT2D eigenvalue weighted by atomic mass is 16.5. The van der Waals surface area contributed by atoms with E-state index in [1.165, 1.54) is 0 Å². The van der Waals surface area contributed by atoms with Crippen LogP contribution in [0.2, 0.25) is 0 Å². The summed E-state index contributed by atoms with van der Waals surface area (Å²) in [5, 5.41) is 14.2. The Kier molecular flexibility index (Phi) is 5.46. The third kappa shape index (κ3) is 3.88. The van der Waals surface area contributed by atoms with Crippen molar-refractivity contribution in [1.82, 2.24) is 15.0 Å². The Morgan fingerprint density at radius 2 is 2.20 bits per heavy atom. The van der Waals surface area contributed by atoms with Crippen molar-refractivity contribution in [3.63, 3.8) is 0 Å². The van der Waals surface area contributed by atoms with E-state index in [2.05, 4.69) is 10.1 Å². The molecular formula is C18H29N3O4. The normalized spacial score (nSPS) is 25.4. The number of aryl methyl sites for hydroxylation is 1. The summed E-state index contributed by atoms with van der Waals surface area (Å²) in [4.78, 5) is 16.4. The fourth-order valence-electron chi connectivity index (χ4n) is 3.93. The van der Waals surface area contributed by atoms with Gasteiger partial charge in [0.25, 0.3) is 0 Å². The summed E-state index contributed by atoms with van der Waals surface area (Å²) in [6.07, 6.45) is 2.34. The fraction of sp³-hybridized carbons (Fsp3) is 0.778. The van der Waals surface area contributed by atoms with Gasteiger partial charge in [-0.15, -0.1) is 0 Å². The van der Waals surface area contributed by atoms with Crippen molar-refractivity contribution in [2.75, 3.05) is 40.3 Å². The summed E-state index contributed by atoms with van der Waals surface area (Å²) >= 11 is 0. The molecule has 1 N–H and O–H groups in total. The van der Waals surface area contributed by atoms with Crippen LogP contribution in [0, 0.1) is 12.3 Å². The van der Waals surface area contributed by atoms with E-state index in [1.807, 2.05) is 25.9 Å². The number of likely N-dealkylation sites (tertiary alicyclic amines) is 1. The lowest BCUT2D eigenvalue weighted by atomic mass is 9.58. The highest BCUT2D eigenvalue weighted by Crippen LogP contribution is 2.50. The average Bonchev–Trinajstić information content (AvgIpc) is 2.98. The maximum atomic E-state index is 12.4. The highest BCUT2D eigenvalue weighted by Gasteiger charge is 2.56. The molecular weight excluding hydrogens is 322 g/mol. The standard InChI is InChI=1S/C18H29N3O4/c1-13-10-14(25-19-13)11-17(23)21-6-4-18(5-7-21)15(22)12-16(18)24-9-8-20(2)3/h10,15-16,22H,4-9,11-12H2,1-3H3/t15-,16+/m1/s1. The summed E-state index contributed by atoms with van der Waals surface area (Å²) in [5.74, 6) is 0.668. The van der Waals surface area contributed by atoms with E-state index < -0.39 is 0 Å². The SMILES string of the molecule is Cc1cc(CC(=O)N2CCC3(CC2)[C@H](O)C[C@@H]3OCCN(C)C)on1. The van der Waals surface area contributed by atoms with Gasteiger partial charge in [0.1, 0.15) is 5.76 Å². The van der Waals surface area contributed by atoms with Crippen LogP contribution in [-0.2, 0) is 16.0 Å². The summed E-state index contributed by atoms with van der Waals surface area (Å²) in [7, 11) is 4.05. The van der Waals surface area contributed by atoms with Crippen molar-refractivity contribution in [3.8, 4) is 0 Å². The first kappa shape index (κ1) is 18.4. The quantitative estimate of drug-likeness (QED) is 0.818. The number of aliphatic hydroxyl groups is 1. The Morgan fingerprint density at radius 1 is 1.48 bits per heavy atom. The van der Waals surface area contributed by atoms with E-state index in [9.17, 15) is 9.90 Å². The number of likely N-dealkylation sites (N-methyl/N-ethyl adjacent to an activating group) is 1. The number of hydrogen-bond acceptors (Lipinski definition) is 6. The number of nitrogens with zero attached hydrogens (tertiary/aromatic N) is 3. The first-order valence-electron chi connectivity index (χ1n) is 9.05. The Bertz CT molecular complexity index is 593. The van der Waals surface area contributed by atoms with Gasteiger partial charge in [-0.3, -0.25) is 4.79 Å². The van der Waals surface area contributed by atoms with E-state index in [1.54, 1.807) is 6.07 Å². The second-order valence-electron chi connectivity index (χ2n) is 7.64. The Morgan fingerprint density at radius 3 is 2.76 bits per heavy atom. The van der Waals surface area contributed by atoms with E-state index in [-0.39, 0.29) is 30.0 Å². The molecule has 140 valence electrons. The Hall–Kier alpha value is -1.44. The number of rotatable bonds is 6. The molecule has 1 saturated heterocycles. The van der Waals surface area contributed by atoms with E-state index in [0.717, 1.165) is 25.1 Å². The van der Waals surface area contributed by atoms with Crippen LogP contribution < -0.4 is 0 Å². The number of aliphatic hydroxyl groups excluding tert-OH is 1. The van der Waals surface area contributed by atoms with Gasteiger partial charge >= 0.3 is 0 Å². The smallest absolute Gasteiger partial charge is 0.230 e. The Labute approximate surface area is 148 Å². The number of aromatic nitrogens is 1. The zero-order chi connectivity index (χ0) is 18.0. The molecule has 1 spiro atoms. The molecule has 1 saturated carbocycles. The summed E-state index contributed by atoms with van der Waals surface area (Å²) in [6.45, 7) is 4.73. The molecule has 0 unspecified atom stereocenters. The average molecular weight is 351 g/mol. The highest BCUT2D eigenvalue weighted by molar-refractivity contribution is 5.78. The minimum Gasteiger partial charge on any atom is -0.392 e. The van der Waals surface area contributed by atoms with Gasteiger partial charge in [-0.25, -0.2) is 0 Å². The van der Waals surface area contributed by atoms with Crippen molar-refractivity contribution in [2.24, 2.45) is 5.41 Å². The topological polar surface area (TPSA) is 79.0 Å².